The average molecular weight is 233 g/mol. The van der Waals surface area contributed by atoms with E-state index in [-0.39, 0.29) is 0 Å². The third-order valence-corrected chi connectivity index (χ3v) is 3.08. The molecule has 1 aromatic heterocycles. The van der Waals surface area contributed by atoms with E-state index in [1.54, 1.807) is 0 Å². The summed E-state index contributed by atoms with van der Waals surface area (Å²) in [6.07, 6.45) is -0.925. The Balaban J connectivity index is 2.19. The van der Waals surface area contributed by atoms with Crippen molar-refractivity contribution >= 4 is 22.4 Å². The molecule has 0 radical (unpaired) electrons. The molecule has 82 valence electrons. The highest BCUT2D eigenvalue weighted by atomic mass is 32.1. The number of thiophene rings is 1. The number of benzene rings is 1. The largest absolute Gasteiger partial charge is 0.465 e. The van der Waals surface area contributed by atoms with Gasteiger partial charge in [0, 0.05) is 0 Å². The van der Waals surface area contributed by atoms with E-state index in [1.807, 2.05) is 47.8 Å². The van der Waals surface area contributed by atoms with Gasteiger partial charge in [0.25, 0.3) is 0 Å². The monoisotopic (exact) mass is 233 g/mol. The summed E-state index contributed by atoms with van der Waals surface area (Å²) in [5.41, 5.74) is 0.985. The second-order valence-corrected chi connectivity index (χ2v) is 4.23. The molecule has 0 unspecified atom stereocenters. The maximum atomic E-state index is 11.1. The molecule has 1 amide bonds. The fourth-order valence-corrected chi connectivity index (χ4v) is 2.15. The molecule has 0 atom stereocenters. The van der Waals surface area contributed by atoms with Crippen molar-refractivity contribution < 1.29 is 9.90 Å². The number of hydrogen-bond donors (Lipinski definition) is 1. The third-order valence-electron chi connectivity index (χ3n) is 2.19. The molecule has 2 rings (SSSR count). The van der Waals surface area contributed by atoms with E-state index in [1.165, 1.54) is 16.2 Å². The number of anilines is 1. The van der Waals surface area contributed by atoms with Crippen LogP contribution in [-0.4, -0.2) is 11.2 Å². The third kappa shape index (κ3) is 2.41. The van der Waals surface area contributed by atoms with Crippen molar-refractivity contribution in [1.29, 1.82) is 0 Å². The molecule has 0 aliphatic carbocycles. The first-order valence-electron chi connectivity index (χ1n) is 4.85. The molecule has 0 bridgehead atoms. The van der Waals surface area contributed by atoms with Crippen molar-refractivity contribution in [3.05, 3.63) is 53.4 Å². The molecule has 4 heteroatoms. The second kappa shape index (κ2) is 4.81. The summed E-state index contributed by atoms with van der Waals surface area (Å²) in [6.45, 7) is 0.386. The quantitative estimate of drug-likeness (QED) is 0.882. The molecule has 0 aliphatic heterocycles. The molecule has 3 nitrogen and oxygen atoms in total. The van der Waals surface area contributed by atoms with Gasteiger partial charge in [0.05, 0.1) is 6.54 Å². The first-order valence-corrected chi connectivity index (χ1v) is 5.73. The molecule has 1 N–H and O–H groups in total. The summed E-state index contributed by atoms with van der Waals surface area (Å²) in [6, 6.07) is 13.2. The van der Waals surface area contributed by atoms with Crippen LogP contribution in [0.5, 0.6) is 0 Å². The Morgan fingerprint density at radius 1 is 1.19 bits per heavy atom. The van der Waals surface area contributed by atoms with Crippen molar-refractivity contribution in [2.45, 2.75) is 6.54 Å². The normalized spacial score (nSPS) is 10.0. The van der Waals surface area contributed by atoms with Gasteiger partial charge in [0.1, 0.15) is 5.00 Å². The van der Waals surface area contributed by atoms with E-state index in [2.05, 4.69) is 0 Å². The summed E-state index contributed by atoms with van der Waals surface area (Å²) in [4.78, 5) is 12.5. The van der Waals surface area contributed by atoms with Gasteiger partial charge in [-0.3, -0.25) is 4.90 Å². The van der Waals surface area contributed by atoms with E-state index in [4.69, 9.17) is 5.11 Å². The Morgan fingerprint density at radius 2 is 1.94 bits per heavy atom. The Morgan fingerprint density at radius 3 is 2.50 bits per heavy atom. The molecule has 16 heavy (non-hydrogen) atoms. The molecule has 0 aliphatic rings. The summed E-state index contributed by atoms with van der Waals surface area (Å²) < 4.78 is 0. The van der Waals surface area contributed by atoms with E-state index in [0.717, 1.165) is 10.6 Å². The van der Waals surface area contributed by atoms with Gasteiger partial charge in [-0.25, -0.2) is 4.79 Å². The molecule has 0 saturated heterocycles. The molecule has 0 spiro atoms. The van der Waals surface area contributed by atoms with Crippen LogP contribution in [0.4, 0.5) is 9.80 Å². The zero-order chi connectivity index (χ0) is 11.4. The summed E-state index contributed by atoms with van der Waals surface area (Å²) in [5, 5.41) is 11.8. The van der Waals surface area contributed by atoms with Crippen molar-refractivity contribution in [2.24, 2.45) is 0 Å². The molecule has 0 fully saturated rings. The summed E-state index contributed by atoms with van der Waals surface area (Å²) in [7, 11) is 0. The minimum Gasteiger partial charge on any atom is -0.465 e. The van der Waals surface area contributed by atoms with Gasteiger partial charge in [-0.05, 0) is 23.1 Å². The van der Waals surface area contributed by atoms with Crippen molar-refractivity contribution in [1.82, 2.24) is 0 Å². The smallest absolute Gasteiger partial charge is 0.412 e. The van der Waals surface area contributed by atoms with Crippen LogP contribution in [0.15, 0.2) is 47.8 Å². The maximum Gasteiger partial charge on any atom is 0.412 e. The molecule has 1 aromatic carbocycles. The maximum absolute atomic E-state index is 11.1. The van der Waals surface area contributed by atoms with Gasteiger partial charge < -0.3 is 5.11 Å². The summed E-state index contributed by atoms with van der Waals surface area (Å²) in [5.74, 6) is 0. The predicted octanol–water partition coefficient (Wildman–Crippen LogP) is 3.43. The van der Waals surface area contributed by atoms with Crippen LogP contribution in [0.1, 0.15) is 5.56 Å². The van der Waals surface area contributed by atoms with E-state index in [0.29, 0.717) is 6.54 Å². The highest BCUT2D eigenvalue weighted by Crippen LogP contribution is 2.23. The van der Waals surface area contributed by atoms with Gasteiger partial charge in [-0.15, -0.1) is 11.3 Å². The van der Waals surface area contributed by atoms with Crippen LogP contribution in [0.25, 0.3) is 0 Å². The lowest BCUT2D eigenvalue weighted by Gasteiger charge is -2.16. The zero-order valence-electron chi connectivity index (χ0n) is 8.54. The van der Waals surface area contributed by atoms with Gasteiger partial charge in [0.2, 0.25) is 0 Å². The molecule has 2 aromatic rings. The minimum atomic E-state index is -0.925. The van der Waals surface area contributed by atoms with Crippen LogP contribution in [-0.2, 0) is 6.54 Å². The van der Waals surface area contributed by atoms with E-state index >= 15 is 0 Å². The summed E-state index contributed by atoms with van der Waals surface area (Å²) >= 11 is 1.42. The SMILES string of the molecule is O=C(O)N(Cc1ccccc1)c1cccs1. The molecule has 0 saturated carbocycles. The highest BCUT2D eigenvalue weighted by molar-refractivity contribution is 7.14. The average Bonchev–Trinajstić information content (AvgIpc) is 2.80. The number of carboxylic acid groups (broad SMARTS) is 1. The Bertz CT molecular complexity index is 453. The Kier molecular flexibility index (Phi) is 3.22. The fraction of sp³-hybridized carbons (Fsp3) is 0.0833. The van der Waals surface area contributed by atoms with Gasteiger partial charge in [0.15, 0.2) is 0 Å². The number of nitrogens with zero attached hydrogens (tertiary/aromatic N) is 1. The Labute approximate surface area is 97.6 Å². The molecule has 1 heterocycles. The van der Waals surface area contributed by atoms with Crippen molar-refractivity contribution in [3.8, 4) is 0 Å². The number of rotatable bonds is 3. The van der Waals surface area contributed by atoms with Crippen LogP contribution in [0.3, 0.4) is 0 Å². The minimum absolute atomic E-state index is 0.386. The topological polar surface area (TPSA) is 40.5 Å². The first-order chi connectivity index (χ1) is 7.77. The van der Waals surface area contributed by atoms with Crippen LogP contribution in [0, 0.1) is 0 Å². The van der Waals surface area contributed by atoms with Crippen LogP contribution < -0.4 is 4.90 Å². The highest BCUT2D eigenvalue weighted by Gasteiger charge is 2.15. The van der Waals surface area contributed by atoms with Gasteiger partial charge in [-0.2, -0.15) is 0 Å². The van der Waals surface area contributed by atoms with Gasteiger partial charge in [-0.1, -0.05) is 30.3 Å². The van der Waals surface area contributed by atoms with Crippen LogP contribution in [0.2, 0.25) is 0 Å². The van der Waals surface area contributed by atoms with Crippen molar-refractivity contribution in [2.75, 3.05) is 4.90 Å². The predicted molar refractivity (Wildman–Crippen MR) is 65.0 cm³/mol. The molecular weight excluding hydrogens is 222 g/mol. The number of hydrogen-bond acceptors (Lipinski definition) is 2. The van der Waals surface area contributed by atoms with E-state index < -0.39 is 6.09 Å². The lowest BCUT2D eigenvalue weighted by Crippen LogP contribution is -2.27. The number of amides is 1. The lowest BCUT2D eigenvalue weighted by atomic mass is 10.2. The standard InChI is InChI=1S/C12H11NO2S/c14-12(15)13(11-7-4-8-16-11)9-10-5-2-1-3-6-10/h1-8H,9H2,(H,14,15). The first kappa shape index (κ1) is 10.7. The Hall–Kier alpha value is -1.81. The van der Waals surface area contributed by atoms with Crippen LogP contribution >= 0.6 is 11.3 Å². The molecular formula is C12H11NO2S. The van der Waals surface area contributed by atoms with Gasteiger partial charge >= 0.3 is 6.09 Å². The number of carbonyl (C=O) groups is 1. The van der Waals surface area contributed by atoms with E-state index in [9.17, 15) is 4.79 Å². The van der Waals surface area contributed by atoms with Crippen molar-refractivity contribution in [3.63, 3.8) is 0 Å². The second-order valence-electron chi connectivity index (χ2n) is 3.31. The fourth-order valence-electron chi connectivity index (χ4n) is 1.43. The zero-order valence-corrected chi connectivity index (χ0v) is 9.35. The lowest BCUT2D eigenvalue weighted by molar-refractivity contribution is 0.201.